The van der Waals surface area contributed by atoms with Crippen LogP contribution in [0.2, 0.25) is 5.02 Å². The number of nitrogens with two attached hydrogens (primary N) is 1. The third-order valence-electron chi connectivity index (χ3n) is 3.52. The Kier molecular flexibility index (Phi) is 5.40. The van der Waals surface area contributed by atoms with Crippen molar-refractivity contribution in [2.24, 2.45) is 5.84 Å². The summed E-state index contributed by atoms with van der Waals surface area (Å²) in [4.78, 5) is 9.00. The highest BCUT2D eigenvalue weighted by Gasteiger charge is 2.23. The zero-order valence-electron chi connectivity index (χ0n) is 12.6. The number of pyridine rings is 1. The van der Waals surface area contributed by atoms with Crippen molar-refractivity contribution in [2.45, 2.75) is 26.0 Å². The van der Waals surface area contributed by atoms with Crippen LogP contribution in [0, 0.1) is 0 Å². The van der Waals surface area contributed by atoms with Gasteiger partial charge in [0.1, 0.15) is 5.82 Å². The summed E-state index contributed by atoms with van der Waals surface area (Å²) in [6.45, 7) is 8.86. The highest BCUT2D eigenvalue weighted by Crippen LogP contribution is 2.19. The standard InChI is InChI=1S/C14H24ClN5O/c1-14(2,21)10-20-7-5-19(6-8-20)9-12-11(15)3-4-13(17-12)18-16/h3-4,21H,5-10,16H2,1-2H3,(H,17,18). The third kappa shape index (κ3) is 5.09. The molecule has 1 aliphatic heterocycles. The average Bonchev–Trinajstić information content (AvgIpc) is 2.42. The molecule has 21 heavy (non-hydrogen) atoms. The molecule has 1 fully saturated rings. The van der Waals surface area contributed by atoms with E-state index < -0.39 is 5.60 Å². The van der Waals surface area contributed by atoms with Crippen molar-refractivity contribution in [1.82, 2.24) is 14.8 Å². The minimum Gasteiger partial charge on any atom is -0.389 e. The van der Waals surface area contributed by atoms with Gasteiger partial charge in [0, 0.05) is 39.3 Å². The molecule has 0 spiro atoms. The first-order valence-electron chi connectivity index (χ1n) is 7.16. The molecule has 0 amide bonds. The zero-order valence-corrected chi connectivity index (χ0v) is 13.4. The number of aromatic nitrogens is 1. The highest BCUT2D eigenvalue weighted by atomic mass is 35.5. The second kappa shape index (κ2) is 6.89. The Morgan fingerprint density at radius 3 is 2.48 bits per heavy atom. The number of β-amino-alcohol motifs (C(OH)–C–C–N with tert-alkyl or cyclic N) is 1. The van der Waals surface area contributed by atoms with E-state index in [0.29, 0.717) is 23.9 Å². The minimum atomic E-state index is -0.645. The molecule has 118 valence electrons. The molecule has 1 aliphatic rings. The summed E-state index contributed by atoms with van der Waals surface area (Å²) < 4.78 is 0. The summed E-state index contributed by atoms with van der Waals surface area (Å²) in [6.07, 6.45) is 0. The number of nitrogens with zero attached hydrogens (tertiary/aromatic N) is 3. The molecule has 1 saturated heterocycles. The van der Waals surface area contributed by atoms with E-state index in [1.807, 2.05) is 19.9 Å². The summed E-state index contributed by atoms with van der Waals surface area (Å²) in [5.74, 6) is 6.00. The van der Waals surface area contributed by atoms with Crippen LogP contribution in [0.4, 0.5) is 5.82 Å². The maximum Gasteiger partial charge on any atom is 0.140 e. The molecule has 7 heteroatoms. The fourth-order valence-electron chi connectivity index (χ4n) is 2.54. The molecule has 0 radical (unpaired) electrons. The Labute approximate surface area is 130 Å². The SMILES string of the molecule is CC(C)(O)CN1CCN(Cc2nc(NN)ccc2Cl)CC1. The van der Waals surface area contributed by atoms with Crippen LogP contribution in [-0.4, -0.2) is 58.2 Å². The molecule has 2 heterocycles. The van der Waals surface area contributed by atoms with Gasteiger partial charge < -0.3 is 10.5 Å². The lowest BCUT2D eigenvalue weighted by molar-refractivity contribution is 0.0165. The second-order valence-corrected chi connectivity index (χ2v) is 6.54. The molecular formula is C14H24ClN5O. The van der Waals surface area contributed by atoms with Gasteiger partial charge in [0.25, 0.3) is 0 Å². The van der Waals surface area contributed by atoms with E-state index >= 15 is 0 Å². The molecule has 0 unspecified atom stereocenters. The lowest BCUT2D eigenvalue weighted by Crippen LogP contribution is -2.50. The molecule has 0 bridgehead atoms. The lowest BCUT2D eigenvalue weighted by atomic mass is 10.1. The number of hydrogen-bond acceptors (Lipinski definition) is 6. The van der Waals surface area contributed by atoms with Crippen LogP contribution in [0.1, 0.15) is 19.5 Å². The van der Waals surface area contributed by atoms with Gasteiger partial charge in [-0.25, -0.2) is 10.8 Å². The molecule has 4 N–H and O–H groups in total. The number of hydrogen-bond donors (Lipinski definition) is 3. The molecule has 0 saturated carbocycles. The summed E-state index contributed by atoms with van der Waals surface area (Å²) >= 11 is 6.19. The maximum absolute atomic E-state index is 9.86. The van der Waals surface area contributed by atoms with E-state index in [0.717, 1.165) is 31.9 Å². The number of nitrogens with one attached hydrogen (secondary N) is 1. The summed E-state index contributed by atoms with van der Waals surface area (Å²) in [5, 5.41) is 10.5. The quantitative estimate of drug-likeness (QED) is 0.554. The highest BCUT2D eigenvalue weighted by molar-refractivity contribution is 6.31. The molecule has 6 nitrogen and oxygen atoms in total. The van der Waals surface area contributed by atoms with Crippen LogP contribution >= 0.6 is 11.6 Å². The van der Waals surface area contributed by atoms with Crippen LogP contribution < -0.4 is 11.3 Å². The van der Waals surface area contributed by atoms with Gasteiger partial charge in [-0.15, -0.1) is 0 Å². The minimum absolute atomic E-state index is 0.620. The summed E-state index contributed by atoms with van der Waals surface area (Å²) in [5.41, 5.74) is 2.73. The Balaban J connectivity index is 1.89. The third-order valence-corrected chi connectivity index (χ3v) is 3.86. The first-order valence-corrected chi connectivity index (χ1v) is 7.54. The van der Waals surface area contributed by atoms with Crippen molar-refractivity contribution in [3.63, 3.8) is 0 Å². The molecule has 2 rings (SSSR count). The van der Waals surface area contributed by atoms with E-state index in [1.165, 1.54) is 0 Å². The van der Waals surface area contributed by atoms with Crippen LogP contribution in [0.5, 0.6) is 0 Å². The first kappa shape index (κ1) is 16.5. The van der Waals surface area contributed by atoms with Gasteiger partial charge >= 0.3 is 0 Å². The topological polar surface area (TPSA) is 77.7 Å². The zero-order chi connectivity index (χ0) is 15.5. The van der Waals surface area contributed by atoms with E-state index in [-0.39, 0.29) is 0 Å². The Hall–Kier alpha value is -0.920. The van der Waals surface area contributed by atoms with Crippen LogP contribution in [0.15, 0.2) is 12.1 Å². The van der Waals surface area contributed by atoms with E-state index in [1.54, 1.807) is 6.07 Å². The molecule has 0 atom stereocenters. The van der Waals surface area contributed by atoms with Crippen LogP contribution in [0.3, 0.4) is 0 Å². The number of nitrogen functional groups attached to an aromatic ring is 1. The maximum atomic E-state index is 9.86. The first-order chi connectivity index (χ1) is 9.87. The number of anilines is 1. The molecule has 0 aromatic carbocycles. The monoisotopic (exact) mass is 313 g/mol. The summed E-state index contributed by atoms with van der Waals surface area (Å²) in [7, 11) is 0. The predicted molar refractivity (Wildman–Crippen MR) is 85.1 cm³/mol. The van der Waals surface area contributed by atoms with Crippen molar-refractivity contribution in [3.8, 4) is 0 Å². The lowest BCUT2D eigenvalue weighted by Gasteiger charge is -2.37. The number of hydrazine groups is 1. The molecule has 1 aromatic heterocycles. The van der Waals surface area contributed by atoms with Gasteiger partial charge in [0.15, 0.2) is 0 Å². The van der Waals surface area contributed by atoms with Crippen molar-refractivity contribution >= 4 is 17.4 Å². The van der Waals surface area contributed by atoms with Crippen molar-refractivity contribution < 1.29 is 5.11 Å². The van der Waals surface area contributed by atoms with E-state index in [2.05, 4.69) is 20.2 Å². The fourth-order valence-corrected chi connectivity index (χ4v) is 2.71. The number of rotatable bonds is 5. The largest absolute Gasteiger partial charge is 0.389 e. The van der Waals surface area contributed by atoms with E-state index in [9.17, 15) is 5.11 Å². The van der Waals surface area contributed by atoms with Gasteiger partial charge in [0.05, 0.1) is 16.3 Å². The molecule has 1 aromatic rings. The average molecular weight is 314 g/mol. The Morgan fingerprint density at radius 1 is 1.29 bits per heavy atom. The van der Waals surface area contributed by atoms with Gasteiger partial charge in [-0.3, -0.25) is 9.80 Å². The predicted octanol–water partition coefficient (Wildman–Crippen LogP) is 0.909. The van der Waals surface area contributed by atoms with Crippen molar-refractivity contribution in [1.29, 1.82) is 0 Å². The smallest absolute Gasteiger partial charge is 0.140 e. The van der Waals surface area contributed by atoms with E-state index in [4.69, 9.17) is 17.4 Å². The van der Waals surface area contributed by atoms with Crippen LogP contribution in [-0.2, 0) is 6.54 Å². The van der Waals surface area contributed by atoms with Crippen LogP contribution in [0.25, 0.3) is 0 Å². The number of halogens is 1. The Bertz CT molecular complexity index is 469. The molecule has 0 aliphatic carbocycles. The van der Waals surface area contributed by atoms with Gasteiger partial charge in [-0.2, -0.15) is 0 Å². The summed E-state index contributed by atoms with van der Waals surface area (Å²) in [6, 6.07) is 3.57. The van der Waals surface area contributed by atoms with Gasteiger partial charge in [-0.1, -0.05) is 11.6 Å². The molecular weight excluding hydrogens is 290 g/mol. The fraction of sp³-hybridized carbons (Fsp3) is 0.643. The number of aliphatic hydroxyl groups is 1. The van der Waals surface area contributed by atoms with Crippen molar-refractivity contribution in [3.05, 3.63) is 22.8 Å². The Morgan fingerprint density at radius 2 is 1.90 bits per heavy atom. The normalized spacial score (nSPS) is 18.0. The van der Waals surface area contributed by atoms with Gasteiger partial charge in [0.2, 0.25) is 0 Å². The second-order valence-electron chi connectivity index (χ2n) is 6.13. The van der Waals surface area contributed by atoms with Gasteiger partial charge in [-0.05, 0) is 26.0 Å². The number of piperazine rings is 1. The van der Waals surface area contributed by atoms with Crippen molar-refractivity contribution in [2.75, 3.05) is 38.1 Å².